The topological polar surface area (TPSA) is 42.7 Å². The van der Waals surface area contributed by atoms with Crippen molar-refractivity contribution in [1.82, 2.24) is 20.1 Å². The Bertz CT molecular complexity index is 305. The summed E-state index contributed by atoms with van der Waals surface area (Å²) < 4.78 is 2.90. The first-order chi connectivity index (χ1) is 6.11. The summed E-state index contributed by atoms with van der Waals surface area (Å²) in [6, 6.07) is 0. The van der Waals surface area contributed by atoms with Crippen LogP contribution >= 0.6 is 15.9 Å². The molecule has 13 heavy (non-hydrogen) atoms. The number of hydrogen-bond donors (Lipinski definition) is 1. The molecule has 0 bridgehead atoms. The Balaban J connectivity index is 2.45. The van der Waals surface area contributed by atoms with Crippen LogP contribution in [0.4, 0.5) is 0 Å². The Morgan fingerprint density at radius 2 is 2.31 bits per heavy atom. The molecule has 0 radical (unpaired) electrons. The molecule has 1 heterocycles. The summed E-state index contributed by atoms with van der Waals surface area (Å²) in [5.74, 6) is 1.86. The molecular formula is C8H13BrN4. The van der Waals surface area contributed by atoms with Gasteiger partial charge in [0.15, 0.2) is 0 Å². The van der Waals surface area contributed by atoms with Gasteiger partial charge in [0.05, 0.1) is 6.54 Å². The highest BCUT2D eigenvalue weighted by molar-refractivity contribution is 9.11. The summed E-state index contributed by atoms with van der Waals surface area (Å²) in [5, 5.41) is 11.2. The molecule has 0 aliphatic carbocycles. The average molecular weight is 245 g/mol. The van der Waals surface area contributed by atoms with Crippen molar-refractivity contribution in [2.45, 2.75) is 13.5 Å². The van der Waals surface area contributed by atoms with Gasteiger partial charge in [0.2, 0.25) is 0 Å². The summed E-state index contributed by atoms with van der Waals surface area (Å²) in [6.07, 6.45) is 0. The number of hydrogen-bond acceptors (Lipinski definition) is 3. The quantitative estimate of drug-likeness (QED) is 0.864. The molecule has 5 heteroatoms. The van der Waals surface area contributed by atoms with E-state index in [1.165, 1.54) is 0 Å². The molecule has 1 N–H and O–H groups in total. The summed E-state index contributed by atoms with van der Waals surface area (Å²) in [4.78, 5) is 0. The van der Waals surface area contributed by atoms with Crippen LogP contribution < -0.4 is 5.32 Å². The van der Waals surface area contributed by atoms with Crippen LogP contribution in [0.1, 0.15) is 11.6 Å². The fourth-order valence-corrected chi connectivity index (χ4v) is 1.11. The summed E-state index contributed by atoms with van der Waals surface area (Å²) in [6.45, 7) is 7.11. The van der Waals surface area contributed by atoms with Crippen LogP contribution in [-0.4, -0.2) is 21.3 Å². The van der Waals surface area contributed by atoms with Crippen LogP contribution in [-0.2, 0) is 13.6 Å². The van der Waals surface area contributed by atoms with E-state index in [1.54, 1.807) is 0 Å². The maximum Gasteiger partial charge on any atom is 0.146 e. The number of aromatic nitrogens is 3. The monoisotopic (exact) mass is 244 g/mol. The molecule has 0 aromatic carbocycles. The van der Waals surface area contributed by atoms with Crippen molar-refractivity contribution < 1.29 is 0 Å². The Kier molecular flexibility index (Phi) is 3.62. The molecule has 0 aliphatic rings. The van der Waals surface area contributed by atoms with E-state index in [1.807, 2.05) is 18.5 Å². The number of nitrogens with one attached hydrogen (secondary N) is 1. The predicted molar refractivity (Wildman–Crippen MR) is 55.5 cm³/mol. The van der Waals surface area contributed by atoms with E-state index < -0.39 is 0 Å². The standard InChI is InChI=1S/C8H13BrN4/c1-6(9)4-10-5-8-12-11-7(2)13(8)3/h10H,1,4-5H2,2-3H3. The Morgan fingerprint density at radius 3 is 2.77 bits per heavy atom. The lowest BCUT2D eigenvalue weighted by Crippen LogP contribution is -2.17. The van der Waals surface area contributed by atoms with Gasteiger partial charge in [0.25, 0.3) is 0 Å². The van der Waals surface area contributed by atoms with Gasteiger partial charge in [-0.3, -0.25) is 0 Å². The van der Waals surface area contributed by atoms with Gasteiger partial charge in [-0.2, -0.15) is 0 Å². The van der Waals surface area contributed by atoms with Crippen LogP contribution in [0.3, 0.4) is 0 Å². The van der Waals surface area contributed by atoms with Gasteiger partial charge in [-0.05, 0) is 6.92 Å². The van der Waals surface area contributed by atoms with E-state index >= 15 is 0 Å². The Labute approximate surface area is 86.2 Å². The Hall–Kier alpha value is -0.680. The van der Waals surface area contributed by atoms with Crippen molar-refractivity contribution in [2.75, 3.05) is 6.54 Å². The lowest BCUT2D eigenvalue weighted by molar-refractivity contribution is 0.672. The molecule has 72 valence electrons. The zero-order valence-corrected chi connectivity index (χ0v) is 9.43. The van der Waals surface area contributed by atoms with Gasteiger partial charge >= 0.3 is 0 Å². The molecule has 0 aliphatic heterocycles. The van der Waals surface area contributed by atoms with E-state index in [4.69, 9.17) is 0 Å². The third-order valence-electron chi connectivity index (χ3n) is 1.78. The second kappa shape index (κ2) is 4.53. The van der Waals surface area contributed by atoms with Crippen molar-refractivity contribution >= 4 is 15.9 Å². The largest absolute Gasteiger partial charge is 0.317 e. The molecule has 0 unspecified atom stereocenters. The minimum absolute atomic E-state index is 0.710. The highest BCUT2D eigenvalue weighted by atomic mass is 79.9. The highest BCUT2D eigenvalue weighted by Gasteiger charge is 2.02. The predicted octanol–water partition coefficient (Wildman–Crippen LogP) is 1.12. The van der Waals surface area contributed by atoms with Gasteiger partial charge in [-0.25, -0.2) is 0 Å². The van der Waals surface area contributed by atoms with Crippen LogP contribution in [0, 0.1) is 6.92 Å². The van der Waals surface area contributed by atoms with Crippen LogP contribution in [0.2, 0.25) is 0 Å². The molecule has 0 spiro atoms. The van der Waals surface area contributed by atoms with E-state index in [0.717, 1.165) is 22.7 Å². The van der Waals surface area contributed by atoms with E-state index in [9.17, 15) is 0 Å². The first-order valence-electron chi connectivity index (χ1n) is 4.00. The molecule has 4 nitrogen and oxygen atoms in total. The normalized spacial score (nSPS) is 10.4. The van der Waals surface area contributed by atoms with Crippen molar-refractivity contribution in [1.29, 1.82) is 0 Å². The first kappa shape index (κ1) is 10.4. The molecule has 1 aromatic rings. The zero-order chi connectivity index (χ0) is 9.84. The lowest BCUT2D eigenvalue weighted by Gasteiger charge is -2.02. The van der Waals surface area contributed by atoms with Crippen LogP contribution in [0.25, 0.3) is 0 Å². The second-order valence-corrected chi connectivity index (χ2v) is 3.96. The number of rotatable bonds is 4. The summed E-state index contributed by atoms with van der Waals surface area (Å²) in [5.41, 5.74) is 0. The van der Waals surface area contributed by atoms with Gasteiger partial charge < -0.3 is 9.88 Å². The summed E-state index contributed by atoms with van der Waals surface area (Å²) >= 11 is 3.27. The SMILES string of the molecule is C=C(Br)CNCc1nnc(C)n1C. The van der Waals surface area contributed by atoms with Crippen LogP contribution in [0.15, 0.2) is 11.1 Å². The molecular weight excluding hydrogens is 232 g/mol. The molecule has 0 saturated heterocycles. The third-order valence-corrected chi connectivity index (χ3v) is 2.06. The molecule has 0 fully saturated rings. The zero-order valence-electron chi connectivity index (χ0n) is 7.84. The fraction of sp³-hybridized carbons (Fsp3) is 0.500. The maximum absolute atomic E-state index is 4.02. The highest BCUT2D eigenvalue weighted by Crippen LogP contribution is 1.99. The third kappa shape index (κ3) is 2.93. The van der Waals surface area contributed by atoms with Crippen molar-refractivity contribution in [3.05, 3.63) is 22.7 Å². The number of nitrogens with zero attached hydrogens (tertiary/aromatic N) is 3. The molecule has 1 aromatic heterocycles. The fourth-order valence-electron chi connectivity index (χ4n) is 0.915. The minimum atomic E-state index is 0.710. The van der Waals surface area contributed by atoms with Gasteiger partial charge in [0, 0.05) is 18.1 Å². The van der Waals surface area contributed by atoms with E-state index in [-0.39, 0.29) is 0 Å². The minimum Gasteiger partial charge on any atom is -0.317 e. The average Bonchev–Trinajstić information content (AvgIpc) is 2.35. The van der Waals surface area contributed by atoms with Crippen molar-refractivity contribution in [2.24, 2.45) is 7.05 Å². The van der Waals surface area contributed by atoms with Crippen molar-refractivity contribution in [3.8, 4) is 0 Å². The number of aryl methyl sites for hydroxylation is 1. The van der Waals surface area contributed by atoms with Gasteiger partial charge in [-0.15, -0.1) is 10.2 Å². The van der Waals surface area contributed by atoms with E-state index in [0.29, 0.717) is 6.54 Å². The van der Waals surface area contributed by atoms with E-state index in [2.05, 4.69) is 38.0 Å². The maximum atomic E-state index is 4.02. The first-order valence-corrected chi connectivity index (χ1v) is 4.79. The Morgan fingerprint density at radius 1 is 1.62 bits per heavy atom. The van der Waals surface area contributed by atoms with Crippen LogP contribution in [0.5, 0.6) is 0 Å². The van der Waals surface area contributed by atoms with Gasteiger partial charge in [0.1, 0.15) is 11.6 Å². The number of halogens is 1. The lowest BCUT2D eigenvalue weighted by atomic mass is 10.5. The second-order valence-electron chi connectivity index (χ2n) is 2.84. The molecule has 1 rings (SSSR count). The van der Waals surface area contributed by atoms with Gasteiger partial charge in [-0.1, -0.05) is 22.5 Å². The molecule has 0 atom stereocenters. The van der Waals surface area contributed by atoms with Crippen molar-refractivity contribution in [3.63, 3.8) is 0 Å². The molecule has 0 saturated carbocycles. The smallest absolute Gasteiger partial charge is 0.146 e. The molecule has 0 amide bonds. The summed E-state index contributed by atoms with van der Waals surface area (Å²) in [7, 11) is 1.95.